The third-order valence-corrected chi connectivity index (χ3v) is 8.69. The Morgan fingerprint density at radius 3 is 2.46 bits per heavy atom. The second-order valence-electron chi connectivity index (χ2n) is 8.87. The maximum atomic E-state index is 14.0. The smallest absolute Gasteiger partial charge is 0.266 e. The number of anilines is 1. The predicted octanol–water partition coefficient (Wildman–Crippen LogP) is 4.59. The standard InChI is InChI=1S/C27H30FN3O5S/c1-3-31(23-6-4-5-7-25(23)36-2)37(34,35)26-13-12-22(29-33)18-24(26)30-16-14-20(15-17-30)27(32)19-8-10-21(28)11-9-19/h4-11,13,18,20,33H,3,12,14-17H2,1-2H3. The highest BCUT2D eigenvalue weighted by Crippen LogP contribution is 2.37. The van der Waals surface area contributed by atoms with E-state index in [0.717, 1.165) is 0 Å². The highest BCUT2D eigenvalue weighted by atomic mass is 32.2. The van der Waals surface area contributed by atoms with Crippen LogP contribution in [0.3, 0.4) is 0 Å². The topological polar surface area (TPSA) is 99.5 Å². The lowest BCUT2D eigenvalue weighted by molar-refractivity contribution is 0.0861. The minimum Gasteiger partial charge on any atom is -0.495 e. The fourth-order valence-electron chi connectivity index (χ4n) is 4.80. The molecule has 37 heavy (non-hydrogen) atoms. The number of likely N-dealkylation sites (tertiary alicyclic amines) is 1. The maximum absolute atomic E-state index is 14.0. The SMILES string of the molecule is CCN(c1ccccc1OC)S(=O)(=O)C1=CCC(=NO)C=C1N1CCC(C(=O)c2ccc(F)cc2)CC1. The van der Waals surface area contributed by atoms with Gasteiger partial charge in [0, 0.05) is 37.5 Å². The number of sulfonamides is 1. The van der Waals surface area contributed by atoms with Crippen LogP contribution < -0.4 is 9.04 Å². The van der Waals surface area contributed by atoms with Gasteiger partial charge in [0.25, 0.3) is 10.0 Å². The first-order valence-corrected chi connectivity index (χ1v) is 13.6. The molecule has 196 valence electrons. The minimum atomic E-state index is -4.00. The van der Waals surface area contributed by atoms with Crippen molar-refractivity contribution in [3.05, 3.63) is 82.7 Å². The molecule has 0 aromatic heterocycles. The lowest BCUT2D eigenvalue weighted by atomic mass is 9.88. The van der Waals surface area contributed by atoms with Crippen molar-refractivity contribution < 1.29 is 27.5 Å². The molecular formula is C27H30FN3O5S. The van der Waals surface area contributed by atoms with Crippen LogP contribution in [0.2, 0.25) is 0 Å². The van der Waals surface area contributed by atoms with Crippen LogP contribution in [0.5, 0.6) is 5.75 Å². The summed E-state index contributed by atoms with van der Waals surface area (Å²) in [4.78, 5) is 15.0. The normalized spacial score (nSPS) is 17.8. The fourth-order valence-corrected chi connectivity index (χ4v) is 6.53. The van der Waals surface area contributed by atoms with Gasteiger partial charge in [-0.3, -0.25) is 9.10 Å². The van der Waals surface area contributed by atoms with Gasteiger partial charge >= 0.3 is 0 Å². The van der Waals surface area contributed by atoms with Gasteiger partial charge in [-0.2, -0.15) is 0 Å². The van der Waals surface area contributed by atoms with Crippen LogP contribution in [0.4, 0.5) is 10.1 Å². The quantitative estimate of drug-likeness (QED) is 0.306. The van der Waals surface area contributed by atoms with Gasteiger partial charge in [-0.05, 0) is 62.2 Å². The van der Waals surface area contributed by atoms with Crippen molar-refractivity contribution in [2.45, 2.75) is 26.2 Å². The number of hydrogen-bond acceptors (Lipinski definition) is 7. The Morgan fingerprint density at radius 2 is 1.84 bits per heavy atom. The fraction of sp³-hybridized carbons (Fsp3) is 0.333. The molecule has 0 spiro atoms. The first kappa shape index (κ1) is 26.4. The molecular weight excluding hydrogens is 497 g/mol. The summed E-state index contributed by atoms with van der Waals surface area (Å²) in [6.07, 6.45) is 4.34. The van der Waals surface area contributed by atoms with Crippen LogP contribution in [-0.2, 0) is 10.0 Å². The lowest BCUT2D eigenvalue weighted by Crippen LogP contribution is -2.40. The largest absolute Gasteiger partial charge is 0.495 e. The van der Waals surface area contributed by atoms with Crippen molar-refractivity contribution in [1.29, 1.82) is 0 Å². The summed E-state index contributed by atoms with van der Waals surface area (Å²) in [5.74, 6) is -0.257. The van der Waals surface area contributed by atoms with Crippen LogP contribution in [0.25, 0.3) is 0 Å². The Labute approximate surface area is 216 Å². The molecule has 2 aromatic rings. The number of carbonyl (C=O) groups is 1. The molecule has 2 aromatic carbocycles. The number of para-hydroxylation sites is 2. The van der Waals surface area contributed by atoms with Gasteiger partial charge in [-0.25, -0.2) is 12.8 Å². The molecule has 1 fully saturated rings. The number of ketones is 1. The average Bonchev–Trinajstić information content (AvgIpc) is 2.93. The molecule has 1 saturated heterocycles. The Morgan fingerprint density at radius 1 is 1.16 bits per heavy atom. The first-order valence-electron chi connectivity index (χ1n) is 12.1. The molecule has 1 N–H and O–H groups in total. The van der Waals surface area contributed by atoms with Crippen LogP contribution in [0.15, 0.2) is 76.4 Å². The minimum absolute atomic E-state index is 0.0494. The zero-order valence-electron chi connectivity index (χ0n) is 20.8. The van der Waals surface area contributed by atoms with Gasteiger partial charge in [-0.1, -0.05) is 23.4 Å². The van der Waals surface area contributed by atoms with Crippen molar-refractivity contribution in [2.24, 2.45) is 11.1 Å². The molecule has 2 aliphatic rings. The number of allylic oxidation sites excluding steroid dienone is 2. The summed E-state index contributed by atoms with van der Waals surface area (Å²) < 4.78 is 47.9. The van der Waals surface area contributed by atoms with E-state index in [1.807, 2.05) is 4.90 Å². The Bertz CT molecular complexity index is 1340. The second kappa shape index (κ2) is 11.2. The highest BCUT2D eigenvalue weighted by molar-refractivity contribution is 7.96. The van der Waals surface area contributed by atoms with Gasteiger partial charge < -0.3 is 14.8 Å². The number of halogens is 1. The molecule has 4 rings (SSSR count). The van der Waals surface area contributed by atoms with Gasteiger partial charge in [0.2, 0.25) is 0 Å². The molecule has 0 unspecified atom stereocenters. The second-order valence-corrected chi connectivity index (χ2v) is 10.7. The number of nitrogens with zero attached hydrogens (tertiary/aromatic N) is 3. The average molecular weight is 528 g/mol. The van der Waals surface area contributed by atoms with E-state index in [0.29, 0.717) is 54.3 Å². The lowest BCUT2D eigenvalue weighted by Gasteiger charge is -2.37. The van der Waals surface area contributed by atoms with E-state index in [1.54, 1.807) is 43.3 Å². The maximum Gasteiger partial charge on any atom is 0.266 e. The third kappa shape index (κ3) is 5.39. The van der Waals surface area contributed by atoms with Gasteiger partial charge in [0.15, 0.2) is 5.78 Å². The van der Waals surface area contributed by atoms with Crippen molar-refractivity contribution in [3.8, 4) is 5.75 Å². The zero-order valence-corrected chi connectivity index (χ0v) is 21.6. The highest BCUT2D eigenvalue weighted by Gasteiger charge is 2.36. The molecule has 0 saturated carbocycles. The number of methoxy groups -OCH3 is 1. The summed E-state index contributed by atoms with van der Waals surface area (Å²) in [7, 11) is -2.51. The van der Waals surface area contributed by atoms with Crippen molar-refractivity contribution in [1.82, 2.24) is 4.90 Å². The van der Waals surface area contributed by atoms with Gasteiger partial charge in [0.1, 0.15) is 16.5 Å². The van der Waals surface area contributed by atoms with Crippen LogP contribution in [0.1, 0.15) is 36.5 Å². The number of carbonyl (C=O) groups excluding carboxylic acids is 1. The molecule has 1 heterocycles. The number of oxime groups is 1. The van der Waals surface area contributed by atoms with Crippen LogP contribution in [-0.4, -0.2) is 56.8 Å². The van der Waals surface area contributed by atoms with E-state index < -0.39 is 15.8 Å². The molecule has 0 atom stereocenters. The summed E-state index contributed by atoms with van der Waals surface area (Å²) in [6.45, 7) is 2.82. The number of ether oxygens (including phenoxy) is 1. The molecule has 8 nitrogen and oxygen atoms in total. The number of piperidine rings is 1. The summed E-state index contributed by atoms with van der Waals surface area (Å²) >= 11 is 0. The van der Waals surface area contributed by atoms with E-state index in [1.165, 1.54) is 35.7 Å². The number of Topliss-reactive ketones (excluding diaryl/α,β-unsaturated/α-hetero) is 1. The summed E-state index contributed by atoms with van der Waals surface area (Å²) in [5, 5.41) is 12.7. The third-order valence-electron chi connectivity index (χ3n) is 6.73. The summed E-state index contributed by atoms with van der Waals surface area (Å²) in [5.41, 5.74) is 1.67. The van der Waals surface area contributed by atoms with E-state index in [-0.39, 0.29) is 29.6 Å². The van der Waals surface area contributed by atoms with E-state index in [2.05, 4.69) is 5.16 Å². The zero-order chi connectivity index (χ0) is 26.6. The molecule has 10 heteroatoms. The Balaban J connectivity index is 1.59. The Hall–Kier alpha value is -3.66. The van der Waals surface area contributed by atoms with Crippen molar-refractivity contribution >= 4 is 27.2 Å². The van der Waals surface area contributed by atoms with Crippen LogP contribution in [0, 0.1) is 11.7 Å². The Kier molecular flexibility index (Phi) is 7.97. The van der Waals surface area contributed by atoms with E-state index >= 15 is 0 Å². The van der Waals surface area contributed by atoms with Crippen LogP contribution >= 0.6 is 0 Å². The predicted molar refractivity (Wildman–Crippen MR) is 140 cm³/mol. The van der Waals surface area contributed by atoms with E-state index in [4.69, 9.17) is 4.74 Å². The monoisotopic (exact) mass is 527 g/mol. The molecule has 0 amide bonds. The van der Waals surface area contributed by atoms with Gasteiger partial charge in [0.05, 0.1) is 24.2 Å². The number of rotatable bonds is 8. The van der Waals surface area contributed by atoms with Crippen molar-refractivity contribution in [2.75, 3.05) is 31.0 Å². The summed E-state index contributed by atoms with van der Waals surface area (Å²) in [6, 6.07) is 12.4. The number of hydrogen-bond donors (Lipinski definition) is 1. The molecule has 1 aliphatic heterocycles. The first-order chi connectivity index (χ1) is 17.8. The van der Waals surface area contributed by atoms with E-state index in [9.17, 15) is 22.8 Å². The van der Waals surface area contributed by atoms with Gasteiger partial charge in [-0.15, -0.1) is 0 Å². The van der Waals surface area contributed by atoms with Crippen molar-refractivity contribution in [3.63, 3.8) is 0 Å². The molecule has 1 aliphatic carbocycles. The molecule has 0 radical (unpaired) electrons. The molecule has 0 bridgehead atoms. The number of benzene rings is 2.